The lowest BCUT2D eigenvalue weighted by atomic mass is 10.1. The molecule has 2 N–H and O–H groups in total. The van der Waals surface area contributed by atoms with E-state index in [-0.39, 0.29) is 34.1 Å². The summed E-state index contributed by atoms with van der Waals surface area (Å²) >= 11 is 0. The molecule has 0 saturated carbocycles. The van der Waals surface area contributed by atoms with Crippen LogP contribution in [0.4, 0.5) is 0 Å². The van der Waals surface area contributed by atoms with Crippen molar-refractivity contribution in [3.05, 3.63) is 119 Å². The van der Waals surface area contributed by atoms with Crippen LogP contribution in [0, 0.1) is 0 Å². The van der Waals surface area contributed by atoms with Crippen molar-refractivity contribution >= 4 is 21.8 Å². The molecule has 0 radical (unpaired) electrons. The van der Waals surface area contributed by atoms with Crippen molar-refractivity contribution in [2.45, 2.75) is 23.0 Å². The quantitative estimate of drug-likeness (QED) is 0.298. The molecule has 0 amide bonds. The molecule has 0 aliphatic rings. The molecule has 0 heterocycles. The third-order valence-corrected chi connectivity index (χ3v) is 7.24. The van der Waals surface area contributed by atoms with Crippen LogP contribution in [0.3, 0.4) is 0 Å². The SMILES string of the molecule is O=C(O)c1ccc(COc2ccc(S(=O)(=O)c3ccc(OCc4cccc(C(=O)O)c4)cc3)cc2)cc1. The summed E-state index contributed by atoms with van der Waals surface area (Å²) in [6, 6.07) is 24.7. The fourth-order valence-electron chi connectivity index (χ4n) is 3.44. The highest BCUT2D eigenvalue weighted by atomic mass is 32.2. The smallest absolute Gasteiger partial charge is 0.335 e. The average molecular weight is 519 g/mol. The van der Waals surface area contributed by atoms with Crippen molar-refractivity contribution in [1.82, 2.24) is 0 Å². The number of benzene rings is 4. The van der Waals surface area contributed by atoms with E-state index < -0.39 is 21.8 Å². The van der Waals surface area contributed by atoms with Gasteiger partial charge < -0.3 is 19.7 Å². The second-order valence-corrected chi connectivity index (χ2v) is 9.98. The number of rotatable bonds is 10. The molecule has 9 heteroatoms. The van der Waals surface area contributed by atoms with Gasteiger partial charge in [-0.05, 0) is 83.9 Å². The lowest BCUT2D eigenvalue weighted by Gasteiger charge is -2.10. The first-order valence-electron chi connectivity index (χ1n) is 11.1. The summed E-state index contributed by atoms with van der Waals surface area (Å²) in [6.45, 7) is 0.340. The summed E-state index contributed by atoms with van der Waals surface area (Å²) in [5, 5.41) is 18.0. The van der Waals surface area contributed by atoms with Gasteiger partial charge in [0.2, 0.25) is 9.84 Å². The Bertz CT molecular complexity index is 1510. The molecule has 0 unspecified atom stereocenters. The Kier molecular flexibility index (Phi) is 7.55. The maximum atomic E-state index is 13.0. The molecule has 37 heavy (non-hydrogen) atoms. The molecule has 0 aliphatic carbocycles. The molecule has 0 fully saturated rings. The van der Waals surface area contributed by atoms with Crippen molar-refractivity contribution in [1.29, 1.82) is 0 Å². The number of hydrogen-bond acceptors (Lipinski definition) is 6. The van der Waals surface area contributed by atoms with Crippen molar-refractivity contribution in [2.75, 3.05) is 0 Å². The minimum absolute atomic E-state index is 0.0971. The van der Waals surface area contributed by atoms with Crippen LogP contribution in [0.25, 0.3) is 0 Å². The lowest BCUT2D eigenvalue weighted by molar-refractivity contribution is 0.0686. The molecular weight excluding hydrogens is 496 g/mol. The molecule has 0 bridgehead atoms. The van der Waals surface area contributed by atoms with E-state index in [4.69, 9.17) is 19.7 Å². The molecule has 0 aromatic heterocycles. The van der Waals surface area contributed by atoms with Crippen LogP contribution in [0.15, 0.2) is 107 Å². The molecule has 4 aromatic carbocycles. The van der Waals surface area contributed by atoms with E-state index in [1.807, 2.05) is 0 Å². The number of carboxylic acids is 2. The number of hydrogen-bond donors (Lipinski definition) is 2. The Balaban J connectivity index is 1.37. The highest BCUT2D eigenvalue weighted by Crippen LogP contribution is 2.25. The molecule has 8 nitrogen and oxygen atoms in total. The van der Waals surface area contributed by atoms with E-state index in [0.717, 1.165) is 5.56 Å². The predicted molar refractivity (Wildman–Crippen MR) is 134 cm³/mol. The van der Waals surface area contributed by atoms with Crippen LogP contribution in [-0.2, 0) is 23.1 Å². The van der Waals surface area contributed by atoms with Crippen LogP contribution in [0.1, 0.15) is 31.8 Å². The molecule has 0 aliphatic heterocycles. The zero-order valence-electron chi connectivity index (χ0n) is 19.4. The van der Waals surface area contributed by atoms with Gasteiger partial charge in [-0.15, -0.1) is 0 Å². The fourth-order valence-corrected chi connectivity index (χ4v) is 4.70. The maximum Gasteiger partial charge on any atom is 0.335 e. The van der Waals surface area contributed by atoms with Crippen molar-refractivity contribution < 1.29 is 37.7 Å². The third kappa shape index (κ3) is 6.33. The van der Waals surface area contributed by atoms with Gasteiger partial charge in [-0.3, -0.25) is 0 Å². The van der Waals surface area contributed by atoms with Crippen molar-refractivity contribution in [3.63, 3.8) is 0 Å². The number of carbonyl (C=O) groups is 2. The van der Waals surface area contributed by atoms with Gasteiger partial charge in [-0.25, -0.2) is 18.0 Å². The summed E-state index contributed by atoms with van der Waals surface area (Å²) < 4.78 is 37.4. The van der Waals surface area contributed by atoms with Gasteiger partial charge in [0.05, 0.1) is 20.9 Å². The van der Waals surface area contributed by atoms with E-state index >= 15 is 0 Å². The van der Waals surface area contributed by atoms with E-state index in [0.29, 0.717) is 17.1 Å². The minimum Gasteiger partial charge on any atom is -0.489 e. The molecule has 0 saturated heterocycles. The van der Waals surface area contributed by atoms with Gasteiger partial charge in [0.1, 0.15) is 24.7 Å². The Hall–Kier alpha value is -4.63. The number of ether oxygens (including phenoxy) is 2. The van der Waals surface area contributed by atoms with Gasteiger partial charge >= 0.3 is 11.9 Å². The van der Waals surface area contributed by atoms with Gasteiger partial charge in [0.25, 0.3) is 0 Å². The standard InChI is InChI=1S/C28H22O8S/c29-27(30)21-6-4-19(5-7-21)17-35-23-8-12-25(13-9-23)37(33,34)26-14-10-24(11-15-26)36-18-20-2-1-3-22(16-20)28(31)32/h1-16H,17-18H2,(H,29,30)(H,31,32). The van der Waals surface area contributed by atoms with Gasteiger partial charge in [0, 0.05) is 0 Å². The average Bonchev–Trinajstić information content (AvgIpc) is 2.91. The van der Waals surface area contributed by atoms with E-state index in [1.165, 1.54) is 48.5 Å². The van der Waals surface area contributed by atoms with E-state index in [2.05, 4.69) is 0 Å². The molecule has 4 aromatic rings. The summed E-state index contributed by atoms with van der Waals surface area (Å²) in [7, 11) is -3.77. The Morgan fingerprint density at radius 2 is 1.08 bits per heavy atom. The molecule has 4 rings (SSSR count). The summed E-state index contributed by atoms with van der Waals surface area (Å²) in [4.78, 5) is 22.2. The second-order valence-electron chi connectivity index (χ2n) is 8.03. The monoisotopic (exact) mass is 518 g/mol. The largest absolute Gasteiger partial charge is 0.489 e. The van der Waals surface area contributed by atoms with Gasteiger partial charge in [-0.2, -0.15) is 0 Å². The normalized spacial score (nSPS) is 11.0. The number of aromatic carboxylic acids is 2. The summed E-state index contributed by atoms with van der Waals surface area (Å²) in [5.41, 5.74) is 1.80. The first-order chi connectivity index (χ1) is 17.7. The van der Waals surface area contributed by atoms with Crippen LogP contribution >= 0.6 is 0 Å². The van der Waals surface area contributed by atoms with Gasteiger partial charge in [-0.1, -0.05) is 24.3 Å². The van der Waals surface area contributed by atoms with Crippen LogP contribution in [-0.4, -0.2) is 30.6 Å². The Morgan fingerprint density at radius 1 is 0.595 bits per heavy atom. The fraction of sp³-hybridized carbons (Fsp3) is 0.0714. The first kappa shape index (κ1) is 25.5. The molecule has 188 valence electrons. The number of sulfone groups is 1. The lowest BCUT2D eigenvalue weighted by Crippen LogP contribution is -2.03. The zero-order chi connectivity index (χ0) is 26.4. The molecule has 0 atom stereocenters. The van der Waals surface area contributed by atoms with Crippen LogP contribution in [0.5, 0.6) is 11.5 Å². The molecular formula is C28H22O8S. The minimum atomic E-state index is -3.77. The first-order valence-corrected chi connectivity index (χ1v) is 12.6. The van der Waals surface area contributed by atoms with E-state index in [1.54, 1.807) is 48.5 Å². The molecule has 0 spiro atoms. The van der Waals surface area contributed by atoms with Crippen LogP contribution < -0.4 is 9.47 Å². The Morgan fingerprint density at radius 3 is 1.57 bits per heavy atom. The maximum absolute atomic E-state index is 13.0. The zero-order valence-corrected chi connectivity index (χ0v) is 20.2. The van der Waals surface area contributed by atoms with E-state index in [9.17, 15) is 18.0 Å². The summed E-state index contributed by atoms with van der Waals surface area (Å²) in [6.07, 6.45) is 0. The third-order valence-electron chi connectivity index (χ3n) is 5.45. The van der Waals surface area contributed by atoms with Gasteiger partial charge in [0.15, 0.2) is 0 Å². The number of carboxylic acid groups (broad SMARTS) is 2. The van der Waals surface area contributed by atoms with Crippen LogP contribution in [0.2, 0.25) is 0 Å². The summed E-state index contributed by atoms with van der Waals surface area (Å²) in [5.74, 6) is -1.12. The highest BCUT2D eigenvalue weighted by Gasteiger charge is 2.18. The van der Waals surface area contributed by atoms with Crippen molar-refractivity contribution in [2.24, 2.45) is 0 Å². The topological polar surface area (TPSA) is 127 Å². The predicted octanol–water partition coefficient (Wildman–Crippen LogP) is 5.07. The van der Waals surface area contributed by atoms with Crippen molar-refractivity contribution in [3.8, 4) is 11.5 Å². The second kappa shape index (κ2) is 11.0. The highest BCUT2D eigenvalue weighted by molar-refractivity contribution is 7.91. The Labute approximate surface area is 213 Å².